The van der Waals surface area contributed by atoms with Gasteiger partial charge in [-0.15, -0.1) is 0 Å². The van der Waals surface area contributed by atoms with Crippen LogP contribution in [0.25, 0.3) is 0 Å². The molecule has 5 heteroatoms. The number of rotatable bonds is 3. The summed E-state index contributed by atoms with van der Waals surface area (Å²) in [7, 11) is 0. The second kappa shape index (κ2) is 6.71. The molecule has 2 aromatic rings. The van der Waals surface area contributed by atoms with Crippen molar-refractivity contribution < 1.29 is 9.59 Å². The summed E-state index contributed by atoms with van der Waals surface area (Å²) in [6.07, 6.45) is 0. The van der Waals surface area contributed by atoms with Crippen LogP contribution in [0.2, 0.25) is 0 Å². The van der Waals surface area contributed by atoms with Crippen LogP contribution >= 0.6 is 22.6 Å². The van der Waals surface area contributed by atoms with Crippen molar-refractivity contribution in [1.29, 1.82) is 0 Å². The zero-order chi connectivity index (χ0) is 15.4. The predicted molar refractivity (Wildman–Crippen MR) is 93.0 cm³/mol. The number of amides is 2. The van der Waals surface area contributed by atoms with E-state index in [2.05, 4.69) is 33.2 Å². The predicted octanol–water partition coefficient (Wildman–Crippen LogP) is 4.45. The largest absolute Gasteiger partial charge is 0.323 e. The van der Waals surface area contributed by atoms with Crippen molar-refractivity contribution in [3.05, 3.63) is 57.2 Å². The summed E-state index contributed by atoms with van der Waals surface area (Å²) in [4.78, 5) is 23.3. The van der Waals surface area contributed by atoms with Crippen LogP contribution in [-0.2, 0) is 0 Å². The Morgan fingerprint density at radius 2 is 1.67 bits per heavy atom. The molecule has 4 nitrogen and oxygen atoms in total. The fourth-order valence-corrected chi connectivity index (χ4v) is 2.30. The molecule has 0 aromatic heterocycles. The number of nitrogens with one attached hydrogen (secondary N) is 2. The molecule has 0 fully saturated rings. The Labute approximate surface area is 137 Å². The zero-order valence-electron chi connectivity index (χ0n) is 11.7. The topological polar surface area (TPSA) is 58.2 Å². The monoisotopic (exact) mass is 394 g/mol. The van der Waals surface area contributed by atoms with Crippen LogP contribution < -0.4 is 10.6 Å². The standard InChI is InChI=1S/C16H15IN2O2/c1-10-6-7-14(9-15(10)17)19-16(21)18-13-5-3-4-12(8-13)11(2)20/h3-9H,1-2H3,(H2,18,19,21). The second-order valence-electron chi connectivity index (χ2n) is 4.68. The van der Waals surface area contributed by atoms with Gasteiger partial charge in [-0.05, 0) is 66.3 Å². The Morgan fingerprint density at radius 3 is 2.29 bits per heavy atom. The summed E-state index contributed by atoms with van der Waals surface area (Å²) in [5.74, 6) is -0.0350. The van der Waals surface area contributed by atoms with Gasteiger partial charge in [0.05, 0.1) is 0 Å². The molecule has 0 unspecified atom stereocenters. The highest BCUT2D eigenvalue weighted by atomic mass is 127. The zero-order valence-corrected chi connectivity index (χ0v) is 13.9. The molecule has 0 aliphatic rings. The van der Waals surface area contributed by atoms with E-state index >= 15 is 0 Å². The maximum absolute atomic E-state index is 11.9. The average Bonchev–Trinajstić information content (AvgIpc) is 2.43. The van der Waals surface area contributed by atoms with Crippen LogP contribution in [0.4, 0.5) is 16.2 Å². The highest BCUT2D eigenvalue weighted by Gasteiger charge is 2.06. The highest BCUT2D eigenvalue weighted by molar-refractivity contribution is 14.1. The lowest BCUT2D eigenvalue weighted by Crippen LogP contribution is -2.19. The van der Waals surface area contributed by atoms with Gasteiger partial charge in [0.1, 0.15) is 0 Å². The van der Waals surface area contributed by atoms with Crippen molar-refractivity contribution in [2.75, 3.05) is 10.6 Å². The van der Waals surface area contributed by atoms with Crippen LogP contribution in [0.15, 0.2) is 42.5 Å². The van der Waals surface area contributed by atoms with Gasteiger partial charge in [-0.1, -0.05) is 18.2 Å². The summed E-state index contributed by atoms with van der Waals surface area (Å²) < 4.78 is 1.09. The molecule has 0 heterocycles. The lowest BCUT2D eigenvalue weighted by atomic mass is 10.1. The smallest absolute Gasteiger partial charge is 0.308 e. The molecule has 21 heavy (non-hydrogen) atoms. The fourth-order valence-electron chi connectivity index (χ4n) is 1.78. The van der Waals surface area contributed by atoms with Gasteiger partial charge in [-0.3, -0.25) is 4.79 Å². The maximum Gasteiger partial charge on any atom is 0.323 e. The first-order valence-electron chi connectivity index (χ1n) is 6.41. The lowest BCUT2D eigenvalue weighted by molar-refractivity contribution is 0.101. The summed E-state index contributed by atoms with van der Waals surface area (Å²) >= 11 is 2.22. The van der Waals surface area contributed by atoms with E-state index in [-0.39, 0.29) is 11.8 Å². The van der Waals surface area contributed by atoms with E-state index in [1.54, 1.807) is 24.3 Å². The van der Waals surface area contributed by atoms with E-state index in [1.165, 1.54) is 6.92 Å². The number of Topliss-reactive ketones (excluding diaryl/α,β-unsaturated/α-hetero) is 1. The first-order valence-corrected chi connectivity index (χ1v) is 7.49. The number of hydrogen-bond donors (Lipinski definition) is 2. The van der Waals surface area contributed by atoms with Crippen LogP contribution in [0.3, 0.4) is 0 Å². The lowest BCUT2D eigenvalue weighted by Gasteiger charge is -2.09. The first-order chi connectivity index (χ1) is 9.95. The fraction of sp³-hybridized carbons (Fsp3) is 0.125. The minimum Gasteiger partial charge on any atom is -0.308 e. The number of ketones is 1. The summed E-state index contributed by atoms with van der Waals surface area (Å²) in [5, 5.41) is 5.48. The maximum atomic E-state index is 11.9. The third-order valence-electron chi connectivity index (χ3n) is 2.96. The summed E-state index contributed by atoms with van der Waals surface area (Å²) in [5.41, 5.74) is 3.04. The molecule has 2 aromatic carbocycles. The van der Waals surface area contributed by atoms with Crippen LogP contribution in [0.1, 0.15) is 22.8 Å². The van der Waals surface area contributed by atoms with Gasteiger partial charge in [0.15, 0.2) is 5.78 Å². The molecule has 0 atom stereocenters. The number of benzene rings is 2. The molecule has 0 bridgehead atoms. The van der Waals surface area contributed by atoms with Crippen molar-refractivity contribution in [2.45, 2.75) is 13.8 Å². The quantitative estimate of drug-likeness (QED) is 0.597. The number of carbonyl (C=O) groups excluding carboxylic acids is 2. The van der Waals surface area contributed by atoms with Gasteiger partial charge in [0.2, 0.25) is 0 Å². The summed E-state index contributed by atoms with van der Waals surface area (Å²) in [6.45, 7) is 3.51. The average molecular weight is 394 g/mol. The number of anilines is 2. The van der Waals surface area contributed by atoms with Crippen molar-refractivity contribution in [2.24, 2.45) is 0 Å². The minimum atomic E-state index is -0.338. The van der Waals surface area contributed by atoms with Crippen LogP contribution in [0.5, 0.6) is 0 Å². The molecular weight excluding hydrogens is 379 g/mol. The third kappa shape index (κ3) is 4.29. The molecule has 0 spiro atoms. The Balaban J connectivity index is 2.06. The first kappa shape index (κ1) is 15.5. The molecule has 0 saturated heterocycles. The van der Waals surface area contributed by atoms with Gasteiger partial charge in [-0.2, -0.15) is 0 Å². The van der Waals surface area contributed by atoms with Crippen LogP contribution in [-0.4, -0.2) is 11.8 Å². The van der Waals surface area contributed by atoms with Gasteiger partial charge >= 0.3 is 6.03 Å². The molecule has 2 amide bonds. The number of aryl methyl sites for hydroxylation is 1. The molecule has 108 valence electrons. The van der Waals surface area contributed by atoms with Crippen molar-refractivity contribution in [1.82, 2.24) is 0 Å². The molecule has 0 radical (unpaired) electrons. The van der Waals surface area contributed by atoms with E-state index < -0.39 is 0 Å². The number of halogens is 1. The van der Waals surface area contributed by atoms with E-state index in [1.807, 2.05) is 25.1 Å². The van der Waals surface area contributed by atoms with Gasteiger partial charge in [-0.25, -0.2) is 4.79 Å². The van der Waals surface area contributed by atoms with Gasteiger partial charge in [0.25, 0.3) is 0 Å². The van der Waals surface area contributed by atoms with Crippen LogP contribution in [0, 0.1) is 10.5 Å². The molecule has 2 rings (SSSR count). The van der Waals surface area contributed by atoms with Crippen molar-refractivity contribution in [3.8, 4) is 0 Å². The number of hydrogen-bond acceptors (Lipinski definition) is 2. The SMILES string of the molecule is CC(=O)c1cccc(NC(=O)Nc2ccc(C)c(I)c2)c1. The Hall–Kier alpha value is -1.89. The highest BCUT2D eigenvalue weighted by Crippen LogP contribution is 2.17. The Kier molecular flexibility index (Phi) is 4.95. The van der Waals surface area contributed by atoms with Gasteiger partial charge < -0.3 is 10.6 Å². The van der Waals surface area contributed by atoms with E-state index in [4.69, 9.17) is 0 Å². The normalized spacial score (nSPS) is 10.0. The molecule has 0 saturated carbocycles. The molecular formula is C16H15IN2O2. The van der Waals surface area contributed by atoms with Crippen molar-refractivity contribution >= 4 is 45.8 Å². The number of carbonyl (C=O) groups is 2. The Morgan fingerprint density at radius 1 is 1.00 bits per heavy atom. The molecule has 2 N–H and O–H groups in total. The van der Waals surface area contributed by atoms with E-state index in [9.17, 15) is 9.59 Å². The van der Waals surface area contributed by atoms with Crippen molar-refractivity contribution in [3.63, 3.8) is 0 Å². The number of urea groups is 1. The van der Waals surface area contributed by atoms with Gasteiger partial charge in [0, 0.05) is 20.5 Å². The third-order valence-corrected chi connectivity index (χ3v) is 4.12. The molecule has 0 aliphatic carbocycles. The van der Waals surface area contributed by atoms with E-state index in [0.717, 1.165) is 14.8 Å². The molecule has 0 aliphatic heterocycles. The minimum absolute atomic E-state index is 0.0350. The summed E-state index contributed by atoms with van der Waals surface area (Å²) in [6, 6.07) is 12.2. The van der Waals surface area contributed by atoms with E-state index in [0.29, 0.717) is 11.3 Å². The Bertz CT molecular complexity index is 698. The second-order valence-corrected chi connectivity index (χ2v) is 5.84.